The van der Waals surface area contributed by atoms with Gasteiger partial charge >= 0.3 is 0 Å². The van der Waals surface area contributed by atoms with E-state index in [1.807, 2.05) is 0 Å². The molecule has 0 aliphatic heterocycles. The van der Waals surface area contributed by atoms with E-state index < -0.39 is 0 Å². The predicted molar refractivity (Wildman–Crippen MR) is 76.7 cm³/mol. The van der Waals surface area contributed by atoms with E-state index >= 15 is 0 Å². The Morgan fingerprint density at radius 3 is 2.67 bits per heavy atom. The summed E-state index contributed by atoms with van der Waals surface area (Å²) in [5.74, 6) is -0.194. The topological polar surface area (TPSA) is 12.0 Å². The average molecular weight is 272 g/mol. The summed E-state index contributed by atoms with van der Waals surface area (Å²) >= 11 is 6.07. The second kappa shape index (κ2) is 8.49. The number of hydrogen-bond donors (Lipinski definition) is 1. The Kier molecular flexibility index (Phi) is 7.29. The molecule has 1 aromatic carbocycles. The van der Waals surface area contributed by atoms with E-state index in [1.165, 1.54) is 25.3 Å². The van der Waals surface area contributed by atoms with E-state index in [9.17, 15) is 4.39 Å². The molecule has 18 heavy (non-hydrogen) atoms. The molecule has 0 saturated heterocycles. The van der Waals surface area contributed by atoms with E-state index in [0.29, 0.717) is 23.0 Å². The quantitative estimate of drug-likeness (QED) is 0.683. The lowest BCUT2D eigenvalue weighted by atomic mass is 10.00. The van der Waals surface area contributed by atoms with Crippen LogP contribution < -0.4 is 5.32 Å². The molecule has 0 saturated carbocycles. The van der Waals surface area contributed by atoms with Gasteiger partial charge in [0, 0.05) is 16.6 Å². The second-order valence-corrected chi connectivity index (χ2v) is 5.06. The van der Waals surface area contributed by atoms with Crippen LogP contribution in [0.3, 0.4) is 0 Å². The van der Waals surface area contributed by atoms with Gasteiger partial charge in [-0.1, -0.05) is 50.8 Å². The van der Waals surface area contributed by atoms with Crippen molar-refractivity contribution in [1.82, 2.24) is 5.32 Å². The summed E-state index contributed by atoms with van der Waals surface area (Å²) in [5, 5.41) is 3.95. The molecule has 1 nitrogen and oxygen atoms in total. The van der Waals surface area contributed by atoms with Crippen molar-refractivity contribution in [3.63, 3.8) is 0 Å². The lowest BCUT2D eigenvalue weighted by molar-refractivity contribution is 0.459. The number of benzene rings is 1. The Morgan fingerprint density at radius 2 is 2.06 bits per heavy atom. The summed E-state index contributed by atoms with van der Waals surface area (Å²) in [6.45, 7) is 5.18. The van der Waals surface area contributed by atoms with Gasteiger partial charge < -0.3 is 5.32 Å². The number of unbranched alkanes of at least 4 members (excludes halogenated alkanes) is 2. The molecule has 102 valence electrons. The fourth-order valence-electron chi connectivity index (χ4n) is 2.18. The van der Waals surface area contributed by atoms with Gasteiger partial charge in [0.05, 0.1) is 0 Å². The summed E-state index contributed by atoms with van der Waals surface area (Å²) in [4.78, 5) is 0. The van der Waals surface area contributed by atoms with Gasteiger partial charge in [-0.15, -0.1) is 0 Å². The Labute approximate surface area is 115 Å². The number of likely N-dealkylation sites (N-methyl/N-ethyl adjacent to an activating group) is 1. The highest BCUT2D eigenvalue weighted by Crippen LogP contribution is 2.21. The third-order valence-electron chi connectivity index (χ3n) is 3.16. The summed E-state index contributed by atoms with van der Waals surface area (Å²) in [6.07, 6.45) is 5.36. The van der Waals surface area contributed by atoms with Gasteiger partial charge in [0.25, 0.3) is 0 Å². The average Bonchev–Trinajstić information content (AvgIpc) is 2.34. The van der Waals surface area contributed by atoms with Crippen molar-refractivity contribution in [3.05, 3.63) is 34.6 Å². The van der Waals surface area contributed by atoms with Crippen LogP contribution in [0, 0.1) is 5.82 Å². The van der Waals surface area contributed by atoms with Crippen molar-refractivity contribution < 1.29 is 4.39 Å². The zero-order valence-corrected chi connectivity index (χ0v) is 12.1. The molecule has 1 rings (SSSR count). The van der Waals surface area contributed by atoms with Gasteiger partial charge in [-0.2, -0.15) is 0 Å². The van der Waals surface area contributed by atoms with Crippen molar-refractivity contribution >= 4 is 11.6 Å². The smallest absolute Gasteiger partial charge is 0.127 e. The first-order valence-electron chi connectivity index (χ1n) is 6.85. The van der Waals surface area contributed by atoms with Crippen LogP contribution in [0.4, 0.5) is 4.39 Å². The maximum atomic E-state index is 13.7. The molecular formula is C15H23ClFN. The standard InChI is InChI=1S/C15H23ClFN/c1-3-5-6-8-12(18-4-2)11-13-14(16)9-7-10-15(13)17/h7,9-10,12,18H,3-6,8,11H2,1-2H3. The van der Waals surface area contributed by atoms with Crippen LogP contribution in [-0.2, 0) is 6.42 Å². The Balaban J connectivity index is 2.64. The van der Waals surface area contributed by atoms with E-state index in [1.54, 1.807) is 12.1 Å². The van der Waals surface area contributed by atoms with Crippen molar-refractivity contribution in [2.24, 2.45) is 0 Å². The molecule has 0 bridgehead atoms. The molecule has 0 spiro atoms. The predicted octanol–water partition coefficient (Wildman–Crippen LogP) is 4.58. The van der Waals surface area contributed by atoms with Crippen LogP contribution in [0.5, 0.6) is 0 Å². The fraction of sp³-hybridized carbons (Fsp3) is 0.600. The molecule has 3 heteroatoms. The Bertz CT molecular complexity index is 334. The van der Waals surface area contributed by atoms with Gasteiger partial charge in [0.2, 0.25) is 0 Å². The monoisotopic (exact) mass is 271 g/mol. The normalized spacial score (nSPS) is 12.7. The molecule has 1 unspecified atom stereocenters. The van der Waals surface area contributed by atoms with E-state index in [4.69, 9.17) is 11.6 Å². The van der Waals surface area contributed by atoms with Crippen LogP contribution in [0.25, 0.3) is 0 Å². The van der Waals surface area contributed by atoms with Gasteiger partial charge in [0.1, 0.15) is 5.82 Å². The molecule has 0 amide bonds. The fourth-order valence-corrected chi connectivity index (χ4v) is 2.42. The van der Waals surface area contributed by atoms with E-state index in [-0.39, 0.29) is 5.82 Å². The second-order valence-electron chi connectivity index (χ2n) is 4.65. The summed E-state index contributed by atoms with van der Waals surface area (Å²) in [5.41, 5.74) is 0.640. The number of nitrogens with one attached hydrogen (secondary N) is 1. The van der Waals surface area contributed by atoms with Crippen LogP contribution in [-0.4, -0.2) is 12.6 Å². The highest BCUT2D eigenvalue weighted by atomic mass is 35.5. The maximum absolute atomic E-state index is 13.7. The summed E-state index contributed by atoms with van der Waals surface area (Å²) < 4.78 is 13.7. The molecule has 0 fully saturated rings. The van der Waals surface area contributed by atoms with Gasteiger partial charge in [-0.25, -0.2) is 4.39 Å². The third-order valence-corrected chi connectivity index (χ3v) is 3.52. The van der Waals surface area contributed by atoms with Gasteiger partial charge in [0.15, 0.2) is 0 Å². The largest absolute Gasteiger partial charge is 0.314 e. The first kappa shape index (κ1) is 15.5. The summed E-state index contributed by atoms with van der Waals surface area (Å²) in [6, 6.07) is 5.21. The van der Waals surface area contributed by atoms with Crippen molar-refractivity contribution in [3.8, 4) is 0 Å². The molecule has 0 aliphatic carbocycles. The highest BCUT2D eigenvalue weighted by molar-refractivity contribution is 6.31. The van der Waals surface area contributed by atoms with Crippen molar-refractivity contribution in [2.45, 2.75) is 52.0 Å². The highest BCUT2D eigenvalue weighted by Gasteiger charge is 2.13. The molecule has 1 atom stereocenters. The zero-order chi connectivity index (χ0) is 13.4. The van der Waals surface area contributed by atoms with Crippen molar-refractivity contribution in [2.75, 3.05) is 6.54 Å². The SMILES string of the molecule is CCCCCC(Cc1c(F)cccc1Cl)NCC. The first-order chi connectivity index (χ1) is 8.69. The lowest BCUT2D eigenvalue weighted by Gasteiger charge is -2.19. The van der Waals surface area contributed by atoms with E-state index in [0.717, 1.165) is 13.0 Å². The minimum atomic E-state index is -0.194. The van der Waals surface area contributed by atoms with Crippen molar-refractivity contribution in [1.29, 1.82) is 0 Å². The minimum absolute atomic E-state index is 0.194. The molecular weight excluding hydrogens is 249 g/mol. The van der Waals surface area contributed by atoms with Crippen LogP contribution in [0.2, 0.25) is 5.02 Å². The first-order valence-corrected chi connectivity index (χ1v) is 7.23. The molecule has 0 aliphatic rings. The number of halogens is 2. The zero-order valence-electron chi connectivity index (χ0n) is 11.3. The number of hydrogen-bond acceptors (Lipinski definition) is 1. The summed E-state index contributed by atoms with van der Waals surface area (Å²) in [7, 11) is 0. The number of rotatable bonds is 8. The van der Waals surface area contributed by atoms with Gasteiger partial charge in [-0.05, 0) is 31.5 Å². The Morgan fingerprint density at radius 1 is 1.28 bits per heavy atom. The van der Waals surface area contributed by atoms with Gasteiger partial charge in [-0.3, -0.25) is 0 Å². The molecule has 1 N–H and O–H groups in total. The van der Waals surface area contributed by atoms with Crippen LogP contribution in [0.1, 0.15) is 45.1 Å². The van der Waals surface area contributed by atoms with Crippen LogP contribution >= 0.6 is 11.6 Å². The minimum Gasteiger partial charge on any atom is -0.314 e. The molecule has 1 aromatic rings. The lowest BCUT2D eigenvalue weighted by Crippen LogP contribution is -2.31. The maximum Gasteiger partial charge on any atom is 0.127 e. The third kappa shape index (κ3) is 4.95. The van der Waals surface area contributed by atoms with Crippen LogP contribution in [0.15, 0.2) is 18.2 Å². The molecule has 0 radical (unpaired) electrons. The molecule has 0 heterocycles. The Hall–Kier alpha value is -0.600. The van der Waals surface area contributed by atoms with E-state index in [2.05, 4.69) is 19.2 Å². The molecule has 0 aromatic heterocycles.